The molecular weight excluding hydrogens is 619 g/mol. The third-order valence-corrected chi connectivity index (χ3v) is 10.4. The monoisotopic (exact) mass is 649 g/mol. The number of aromatic nitrogens is 2. The molecule has 1 aliphatic carbocycles. The van der Waals surface area contributed by atoms with Crippen LogP contribution >= 0.6 is 11.8 Å². The lowest BCUT2D eigenvalue weighted by atomic mass is 9.86. The van der Waals surface area contributed by atoms with Crippen molar-refractivity contribution in [3.63, 3.8) is 0 Å². The number of benzene rings is 6. The molecule has 0 bridgehead atoms. The van der Waals surface area contributed by atoms with E-state index < -0.39 is 0 Å². The second-order valence-corrected chi connectivity index (χ2v) is 13.3. The van der Waals surface area contributed by atoms with Gasteiger partial charge in [-0.25, -0.2) is 0 Å². The van der Waals surface area contributed by atoms with Gasteiger partial charge >= 0.3 is 0 Å². The Morgan fingerprint density at radius 1 is 0.449 bits per heavy atom. The molecule has 4 nitrogen and oxygen atoms in total. The normalized spacial score (nSPS) is 13.7. The van der Waals surface area contributed by atoms with E-state index in [2.05, 4.69) is 149 Å². The molecule has 0 fully saturated rings. The fourth-order valence-corrected chi connectivity index (χ4v) is 7.91. The Bertz CT molecular complexity index is 2330. The van der Waals surface area contributed by atoms with Gasteiger partial charge in [0.2, 0.25) is 11.8 Å². The molecule has 7 aromatic rings. The van der Waals surface area contributed by atoms with E-state index in [1.807, 2.05) is 42.1 Å². The molecule has 0 radical (unpaired) electrons. The summed E-state index contributed by atoms with van der Waals surface area (Å²) in [5.41, 5.74) is 13.0. The van der Waals surface area contributed by atoms with Crippen LogP contribution in [0.5, 0.6) is 0 Å². The molecule has 0 atom stereocenters. The van der Waals surface area contributed by atoms with E-state index in [1.165, 1.54) is 54.7 Å². The molecule has 0 unspecified atom stereocenters. The zero-order valence-electron chi connectivity index (χ0n) is 26.7. The topological polar surface area (TPSA) is 42.2 Å². The number of hydrogen-bond donors (Lipinski definition) is 0. The minimum atomic E-state index is 0.510. The van der Waals surface area contributed by atoms with Crippen LogP contribution in [-0.4, -0.2) is 10.2 Å². The summed E-state index contributed by atoms with van der Waals surface area (Å²) in [6, 6.07) is 53.2. The molecule has 1 aliphatic heterocycles. The van der Waals surface area contributed by atoms with Gasteiger partial charge in [-0.2, -0.15) is 0 Å². The summed E-state index contributed by atoms with van der Waals surface area (Å²) >= 11 is 1.85. The highest BCUT2D eigenvalue weighted by molar-refractivity contribution is 7.99. The second kappa shape index (κ2) is 12.6. The van der Waals surface area contributed by atoms with Crippen LogP contribution in [0.3, 0.4) is 0 Å². The fraction of sp³-hybridized carbons (Fsp3) is 0.0455. The highest BCUT2D eigenvalue weighted by Gasteiger charge is 2.27. The van der Waals surface area contributed by atoms with Crippen molar-refractivity contribution in [3.05, 3.63) is 175 Å². The SMILES string of the molecule is C1=C(c2ccccc2-c2ccccc2-c2ccc(-c3nnc(-c4ccccc4)o3)cc2)CCC(N2c3ccccc3Sc3ccccc32)=C1. The maximum atomic E-state index is 6.02. The molecule has 1 aromatic heterocycles. The number of rotatable bonds is 6. The molecule has 0 saturated carbocycles. The van der Waals surface area contributed by atoms with E-state index in [1.54, 1.807) is 0 Å². The fourth-order valence-electron chi connectivity index (χ4n) is 6.85. The Morgan fingerprint density at radius 2 is 0.959 bits per heavy atom. The molecule has 6 aromatic carbocycles. The first-order valence-electron chi connectivity index (χ1n) is 16.5. The molecule has 234 valence electrons. The number of para-hydroxylation sites is 2. The first kappa shape index (κ1) is 29.2. The second-order valence-electron chi connectivity index (χ2n) is 12.2. The van der Waals surface area contributed by atoms with Gasteiger partial charge in [0.1, 0.15) is 0 Å². The van der Waals surface area contributed by atoms with Crippen molar-refractivity contribution < 1.29 is 4.42 Å². The Hall–Kier alpha value is -5.91. The number of anilines is 2. The molecule has 0 amide bonds. The number of allylic oxidation sites excluding steroid dienone is 4. The summed E-state index contributed by atoms with van der Waals surface area (Å²) in [5, 5.41) is 8.59. The number of nitrogens with zero attached hydrogens (tertiary/aromatic N) is 3. The average molecular weight is 650 g/mol. The van der Waals surface area contributed by atoms with E-state index in [4.69, 9.17) is 4.42 Å². The third kappa shape index (κ3) is 5.48. The highest BCUT2D eigenvalue weighted by Crippen LogP contribution is 2.51. The van der Waals surface area contributed by atoms with Crippen LogP contribution < -0.4 is 4.90 Å². The van der Waals surface area contributed by atoms with Crippen LogP contribution in [0, 0.1) is 0 Å². The van der Waals surface area contributed by atoms with Crippen LogP contribution in [0.2, 0.25) is 0 Å². The molecule has 2 heterocycles. The quantitative estimate of drug-likeness (QED) is 0.179. The Labute approximate surface area is 290 Å². The van der Waals surface area contributed by atoms with Crippen molar-refractivity contribution in [1.29, 1.82) is 0 Å². The Balaban J connectivity index is 1.04. The molecule has 0 spiro atoms. The molecule has 5 heteroatoms. The van der Waals surface area contributed by atoms with Crippen molar-refractivity contribution >= 4 is 28.7 Å². The van der Waals surface area contributed by atoms with Crippen LogP contribution in [0.1, 0.15) is 18.4 Å². The lowest BCUT2D eigenvalue weighted by Crippen LogP contribution is -2.21. The van der Waals surface area contributed by atoms with E-state index in [-0.39, 0.29) is 0 Å². The maximum Gasteiger partial charge on any atom is 0.248 e. The molecule has 9 rings (SSSR count). The summed E-state index contributed by atoms with van der Waals surface area (Å²) in [7, 11) is 0. The third-order valence-electron chi connectivity index (χ3n) is 9.23. The van der Waals surface area contributed by atoms with Gasteiger partial charge in [-0.05, 0) is 101 Å². The predicted molar refractivity (Wildman–Crippen MR) is 200 cm³/mol. The van der Waals surface area contributed by atoms with Gasteiger partial charge in [-0.1, -0.05) is 121 Å². The predicted octanol–water partition coefficient (Wildman–Crippen LogP) is 12.1. The largest absolute Gasteiger partial charge is 0.416 e. The first-order valence-corrected chi connectivity index (χ1v) is 17.4. The molecule has 2 aliphatic rings. The molecule has 49 heavy (non-hydrogen) atoms. The van der Waals surface area contributed by atoms with E-state index in [9.17, 15) is 0 Å². The highest BCUT2D eigenvalue weighted by atomic mass is 32.2. The molecule has 0 saturated heterocycles. The van der Waals surface area contributed by atoms with Crippen molar-refractivity contribution in [2.24, 2.45) is 0 Å². The van der Waals surface area contributed by atoms with Gasteiger partial charge in [0.25, 0.3) is 0 Å². The van der Waals surface area contributed by atoms with Crippen LogP contribution in [-0.2, 0) is 0 Å². The van der Waals surface area contributed by atoms with Gasteiger partial charge in [0.05, 0.1) is 11.4 Å². The van der Waals surface area contributed by atoms with Gasteiger partial charge in [0.15, 0.2) is 0 Å². The van der Waals surface area contributed by atoms with Gasteiger partial charge < -0.3 is 9.32 Å². The van der Waals surface area contributed by atoms with E-state index in [0.29, 0.717) is 11.8 Å². The summed E-state index contributed by atoms with van der Waals surface area (Å²) < 4.78 is 6.02. The Morgan fingerprint density at radius 3 is 1.59 bits per heavy atom. The zero-order valence-corrected chi connectivity index (χ0v) is 27.5. The lowest BCUT2D eigenvalue weighted by Gasteiger charge is -2.35. The van der Waals surface area contributed by atoms with Crippen molar-refractivity contribution in [2.45, 2.75) is 22.6 Å². The summed E-state index contributed by atoms with van der Waals surface area (Å²) in [5.74, 6) is 1.03. The van der Waals surface area contributed by atoms with Crippen LogP contribution in [0.4, 0.5) is 11.4 Å². The summed E-state index contributed by atoms with van der Waals surface area (Å²) in [6.07, 6.45) is 6.57. The maximum absolute atomic E-state index is 6.02. The van der Waals surface area contributed by atoms with Gasteiger partial charge in [-0.3, -0.25) is 0 Å². The molecular formula is C44H31N3OS. The minimum absolute atomic E-state index is 0.510. The van der Waals surface area contributed by atoms with Gasteiger partial charge in [-0.15, -0.1) is 10.2 Å². The van der Waals surface area contributed by atoms with Crippen molar-refractivity contribution in [3.8, 4) is 45.2 Å². The van der Waals surface area contributed by atoms with Gasteiger partial charge in [0, 0.05) is 26.6 Å². The minimum Gasteiger partial charge on any atom is -0.416 e. The standard InChI is InChI=1S/C44H31N3OS/c1-2-12-32(13-3-1)43-45-46-44(48-43)33-24-22-30(23-25-33)35-14-4-6-16-37(35)38-17-7-5-15-36(38)31-26-28-34(29-27-31)47-39-18-8-10-20-41(39)49-42-21-11-9-19-40(42)47/h1-26,28H,27,29H2. The first-order chi connectivity index (χ1) is 24.3. The van der Waals surface area contributed by atoms with E-state index >= 15 is 0 Å². The summed E-state index contributed by atoms with van der Waals surface area (Å²) in [4.78, 5) is 5.04. The van der Waals surface area contributed by atoms with Crippen LogP contribution in [0.15, 0.2) is 184 Å². The van der Waals surface area contributed by atoms with Crippen molar-refractivity contribution in [2.75, 3.05) is 4.90 Å². The smallest absolute Gasteiger partial charge is 0.248 e. The van der Waals surface area contributed by atoms with Crippen LogP contribution in [0.25, 0.3) is 50.7 Å². The molecule has 0 N–H and O–H groups in total. The number of hydrogen-bond acceptors (Lipinski definition) is 5. The summed E-state index contributed by atoms with van der Waals surface area (Å²) in [6.45, 7) is 0. The van der Waals surface area contributed by atoms with E-state index in [0.717, 1.165) is 29.5 Å². The zero-order chi connectivity index (χ0) is 32.6. The Kier molecular flexibility index (Phi) is 7.52. The average Bonchev–Trinajstić information content (AvgIpc) is 3.68. The lowest BCUT2D eigenvalue weighted by molar-refractivity contribution is 0.584. The number of fused-ring (bicyclic) bond motifs is 2. The van der Waals surface area contributed by atoms with Crippen molar-refractivity contribution in [1.82, 2.24) is 10.2 Å².